The summed E-state index contributed by atoms with van der Waals surface area (Å²) >= 11 is 0. The molecule has 0 atom stereocenters. The Morgan fingerprint density at radius 3 is 2.07 bits per heavy atom. The average molecular weight is 407 g/mol. The fraction of sp³-hybridized carbons (Fsp3) is 0.167. The van der Waals surface area contributed by atoms with Crippen molar-refractivity contribution in [1.82, 2.24) is 0 Å². The maximum atomic E-state index is 15.5. The number of hydrogen-bond donors (Lipinski definition) is 1. The zero-order valence-corrected chi connectivity index (χ0v) is 17.2. The van der Waals surface area contributed by atoms with Crippen molar-refractivity contribution in [3.05, 3.63) is 82.4 Å². The highest BCUT2D eigenvalue weighted by atomic mass is 19.2. The average Bonchev–Trinajstić information content (AvgIpc) is 2.72. The molecule has 3 aromatic rings. The van der Waals surface area contributed by atoms with E-state index in [-0.39, 0.29) is 27.7 Å². The van der Waals surface area contributed by atoms with Crippen molar-refractivity contribution < 1.29 is 23.9 Å². The Balaban J connectivity index is 2.13. The highest BCUT2D eigenvalue weighted by molar-refractivity contribution is 6.09. The Morgan fingerprint density at radius 2 is 1.53 bits per heavy atom. The molecule has 3 rings (SSSR count). The molecule has 3 aromatic carbocycles. The van der Waals surface area contributed by atoms with Crippen molar-refractivity contribution in [1.29, 1.82) is 0 Å². The van der Waals surface area contributed by atoms with Crippen LogP contribution in [0.3, 0.4) is 0 Å². The highest BCUT2D eigenvalue weighted by Gasteiger charge is 2.28. The second-order valence-corrected chi connectivity index (χ2v) is 7.05. The van der Waals surface area contributed by atoms with Crippen LogP contribution in [0.15, 0.2) is 54.6 Å². The lowest BCUT2D eigenvalue weighted by atomic mass is 9.97. The Bertz CT molecular complexity index is 1100. The van der Waals surface area contributed by atoms with Gasteiger partial charge in [0.25, 0.3) is 5.91 Å². The minimum atomic E-state index is -1.11. The van der Waals surface area contributed by atoms with E-state index in [1.165, 1.54) is 19.2 Å². The van der Waals surface area contributed by atoms with Crippen LogP contribution in [-0.2, 0) is 0 Å². The van der Waals surface area contributed by atoms with Crippen LogP contribution in [0.1, 0.15) is 37.4 Å². The summed E-state index contributed by atoms with van der Waals surface area (Å²) in [5, 5.41) is 9.29. The number of carboxylic acids is 1. The third-order valence-electron chi connectivity index (χ3n) is 4.99. The SMILES string of the molecule is COc1c(-c2ccccc2)ccc(C)c1N(F)C(=O)c1c(C)cc(C(=O)O)cc1C. The van der Waals surface area contributed by atoms with Crippen molar-refractivity contribution in [2.45, 2.75) is 20.8 Å². The monoisotopic (exact) mass is 407 g/mol. The molecule has 154 valence electrons. The normalized spacial score (nSPS) is 10.6. The molecule has 5 nitrogen and oxygen atoms in total. The topological polar surface area (TPSA) is 66.8 Å². The lowest BCUT2D eigenvalue weighted by Crippen LogP contribution is -2.25. The first-order chi connectivity index (χ1) is 14.3. The molecule has 30 heavy (non-hydrogen) atoms. The third-order valence-corrected chi connectivity index (χ3v) is 4.99. The lowest BCUT2D eigenvalue weighted by molar-refractivity contribution is 0.0696. The van der Waals surface area contributed by atoms with Crippen molar-refractivity contribution >= 4 is 17.6 Å². The molecular weight excluding hydrogens is 385 g/mol. The number of ether oxygens (including phenoxy) is 1. The van der Waals surface area contributed by atoms with Gasteiger partial charge in [-0.15, -0.1) is 5.12 Å². The molecular formula is C24H22FNO4. The van der Waals surface area contributed by atoms with Gasteiger partial charge in [0.05, 0.1) is 12.7 Å². The number of rotatable bonds is 5. The fourth-order valence-corrected chi connectivity index (χ4v) is 3.59. The van der Waals surface area contributed by atoms with Gasteiger partial charge in [0.1, 0.15) is 5.69 Å². The molecule has 0 radical (unpaired) electrons. The molecule has 0 aliphatic carbocycles. The van der Waals surface area contributed by atoms with Crippen LogP contribution in [0, 0.1) is 20.8 Å². The maximum absolute atomic E-state index is 15.5. The van der Waals surface area contributed by atoms with Crippen LogP contribution in [0.25, 0.3) is 11.1 Å². The van der Waals surface area contributed by atoms with Gasteiger partial charge in [0.2, 0.25) is 0 Å². The molecule has 0 aliphatic heterocycles. The zero-order chi connectivity index (χ0) is 22.0. The Morgan fingerprint density at radius 1 is 0.933 bits per heavy atom. The zero-order valence-electron chi connectivity index (χ0n) is 17.2. The highest BCUT2D eigenvalue weighted by Crippen LogP contribution is 2.41. The molecule has 6 heteroatoms. The molecule has 0 saturated heterocycles. The predicted octanol–water partition coefficient (Wildman–Crippen LogP) is 5.52. The number of carboxylic acid groups (broad SMARTS) is 1. The van der Waals surface area contributed by atoms with Crippen LogP contribution in [0.2, 0.25) is 0 Å². The van der Waals surface area contributed by atoms with E-state index in [9.17, 15) is 14.7 Å². The van der Waals surface area contributed by atoms with Gasteiger partial charge in [-0.2, -0.15) is 0 Å². The molecule has 0 unspecified atom stereocenters. The number of nitrogens with zero attached hydrogens (tertiary/aromatic N) is 1. The van der Waals surface area contributed by atoms with Gasteiger partial charge in [-0.05, 0) is 55.2 Å². The number of benzene rings is 3. The summed E-state index contributed by atoms with van der Waals surface area (Å²) in [5.41, 5.74) is 2.97. The molecule has 0 fully saturated rings. The van der Waals surface area contributed by atoms with E-state index >= 15 is 4.48 Å². The van der Waals surface area contributed by atoms with Gasteiger partial charge < -0.3 is 9.84 Å². The molecule has 0 saturated carbocycles. The number of anilines is 1. The summed E-state index contributed by atoms with van der Waals surface area (Å²) in [6, 6.07) is 15.6. The smallest absolute Gasteiger partial charge is 0.335 e. The van der Waals surface area contributed by atoms with Crippen LogP contribution < -0.4 is 9.86 Å². The van der Waals surface area contributed by atoms with E-state index in [0.29, 0.717) is 22.3 Å². The number of methoxy groups -OCH3 is 1. The van der Waals surface area contributed by atoms with Crippen molar-refractivity contribution in [3.8, 4) is 16.9 Å². The van der Waals surface area contributed by atoms with Crippen molar-refractivity contribution in [2.75, 3.05) is 12.2 Å². The van der Waals surface area contributed by atoms with Gasteiger partial charge in [0.15, 0.2) is 5.75 Å². The standard InChI is InChI=1S/C24H22FNO4/c1-14-10-11-19(17-8-6-5-7-9-17)22(30-4)21(14)26(25)23(27)20-15(2)12-18(24(28)29)13-16(20)3/h5-13H,1-4H3,(H,28,29). The van der Waals surface area contributed by atoms with Crippen LogP contribution >= 0.6 is 0 Å². The molecule has 0 bridgehead atoms. The summed E-state index contributed by atoms with van der Waals surface area (Å²) in [6.07, 6.45) is 0. The molecule has 0 heterocycles. The van der Waals surface area contributed by atoms with Crippen LogP contribution in [0.4, 0.5) is 10.2 Å². The molecule has 0 spiro atoms. The first-order valence-electron chi connectivity index (χ1n) is 9.34. The number of aromatic carboxylic acids is 1. The van der Waals surface area contributed by atoms with E-state index < -0.39 is 11.9 Å². The Labute approximate surface area is 174 Å². The molecule has 0 aromatic heterocycles. The van der Waals surface area contributed by atoms with E-state index in [0.717, 1.165) is 5.56 Å². The number of carbonyl (C=O) groups excluding carboxylic acids is 1. The van der Waals surface area contributed by atoms with Gasteiger partial charge in [-0.3, -0.25) is 4.79 Å². The van der Waals surface area contributed by atoms with Gasteiger partial charge in [0, 0.05) is 11.1 Å². The molecule has 1 amide bonds. The largest absolute Gasteiger partial charge is 0.494 e. The van der Waals surface area contributed by atoms with Gasteiger partial charge in [-0.25, -0.2) is 4.79 Å². The Kier molecular flexibility index (Phi) is 5.87. The van der Waals surface area contributed by atoms with Crippen molar-refractivity contribution in [3.63, 3.8) is 0 Å². The predicted molar refractivity (Wildman–Crippen MR) is 114 cm³/mol. The lowest BCUT2D eigenvalue weighted by Gasteiger charge is -2.22. The Hall–Kier alpha value is -3.67. The summed E-state index contributed by atoms with van der Waals surface area (Å²) in [7, 11) is 1.43. The first-order valence-corrected chi connectivity index (χ1v) is 9.34. The third kappa shape index (κ3) is 3.76. The minimum absolute atomic E-state index is 0.0185. The number of carbonyl (C=O) groups is 2. The maximum Gasteiger partial charge on any atom is 0.335 e. The number of aryl methyl sites for hydroxylation is 3. The summed E-state index contributed by atoms with van der Waals surface area (Å²) < 4.78 is 21.0. The quantitative estimate of drug-likeness (QED) is 0.566. The summed E-state index contributed by atoms with van der Waals surface area (Å²) in [6.45, 7) is 4.87. The molecule has 0 aliphatic rings. The van der Waals surface area contributed by atoms with Crippen LogP contribution in [0.5, 0.6) is 5.75 Å². The van der Waals surface area contributed by atoms with E-state index in [4.69, 9.17) is 4.74 Å². The summed E-state index contributed by atoms with van der Waals surface area (Å²) in [5.74, 6) is -1.74. The van der Waals surface area contributed by atoms with Crippen molar-refractivity contribution in [2.24, 2.45) is 0 Å². The number of halogens is 1. The van der Waals surface area contributed by atoms with Gasteiger partial charge in [-0.1, -0.05) is 46.9 Å². The number of hydrogen-bond acceptors (Lipinski definition) is 3. The van der Waals surface area contributed by atoms with E-state index in [1.54, 1.807) is 26.8 Å². The van der Waals surface area contributed by atoms with E-state index in [2.05, 4.69) is 0 Å². The first kappa shape index (κ1) is 21.0. The van der Waals surface area contributed by atoms with Crippen LogP contribution in [-0.4, -0.2) is 24.1 Å². The second-order valence-electron chi connectivity index (χ2n) is 7.05. The second kappa shape index (κ2) is 8.37. The minimum Gasteiger partial charge on any atom is -0.494 e. The van der Waals surface area contributed by atoms with E-state index in [1.807, 2.05) is 36.4 Å². The van der Waals surface area contributed by atoms with Gasteiger partial charge >= 0.3 is 5.97 Å². The molecule has 1 N–H and O–H groups in total. The fourth-order valence-electron chi connectivity index (χ4n) is 3.59. The summed E-state index contributed by atoms with van der Waals surface area (Å²) in [4.78, 5) is 24.3. The number of amides is 1.